The van der Waals surface area contributed by atoms with Crippen molar-refractivity contribution in [2.24, 2.45) is 11.1 Å². The first-order chi connectivity index (χ1) is 18.3. The highest BCUT2D eigenvalue weighted by Crippen LogP contribution is 2.36. The van der Waals surface area contributed by atoms with Gasteiger partial charge in [-0.05, 0) is 30.2 Å². The van der Waals surface area contributed by atoms with Gasteiger partial charge in [0.05, 0.1) is 11.6 Å². The lowest BCUT2D eigenvalue weighted by molar-refractivity contribution is -0.133. The SMILES string of the molecule is CC(C)CSc1nnc(COc2ccccc2C2=NOC(c3ccc(Cl)cc3Cl)C2)n1NC(=O)C(=O)CCl. The van der Waals surface area contributed by atoms with Gasteiger partial charge in [-0.15, -0.1) is 21.8 Å². The first-order valence-electron chi connectivity index (χ1n) is 11.6. The molecule has 0 radical (unpaired) electrons. The first kappa shape index (κ1) is 28.2. The number of oxime groups is 1. The standard InChI is InChI=1S/C25H24Cl3N5O4S/c1-14(2)13-38-25-30-29-23(33(25)31-24(35)20(34)11-26)12-36-21-6-4-3-5-17(21)19-10-22(37-32-19)16-8-7-15(27)9-18(16)28/h3-9,14,22H,10-13H2,1-2H3,(H,31,35). The number of ketones is 1. The van der Waals surface area contributed by atoms with Crippen molar-refractivity contribution in [3.63, 3.8) is 0 Å². The molecule has 9 nitrogen and oxygen atoms in total. The van der Waals surface area contributed by atoms with Gasteiger partial charge in [0, 0.05) is 33.3 Å². The quantitative estimate of drug-likeness (QED) is 0.173. The maximum absolute atomic E-state index is 12.3. The van der Waals surface area contributed by atoms with Gasteiger partial charge in [-0.25, -0.2) is 4.68 Å². The predicted molar refractivity (Wildman–Crippen MR) is 148 cm³/mol. The Morgan fingerprint density at radius 3 is 2.74 bits per heavy atom. The molecule has 0 spiro atoms. The molecule has 1 amide bonds. The summed E-state index contributed by atoms with van der Waals surface area (Å²) < 4.78 is 7.45. The van der Waals surface area contributed by atoms with E-state index in [2.05, 4.69) is 34.6 Å². The molecule has 0 fully saturated rings. The van der Waals surface area contributed by atoms with Crippen LogP contribution in [0, 0.1) is 5.92 Å². The smallest absolute Gasteiger partial charge is 0.307 e. The summed E-state index contributed by atoms with van der Waals surface area (Å²) in [6.45, 7) is 4.08. The van der Waals surface area contributed by atoms with Gasteiger partial charge in [0.15, 0.2) is 11.9 Å². The molecule has 38 heavy (non-hydrogen) atoms. The second-order valence-electron chi connectivity index (χ2n) is 8.72. The molecule has 0 saturated heterocycles. The van der Waals surface area contributed by atoms with Crippen molar-refractivity contribution in [2.45, 2.75) is 38.1 Å². The van der Waals surface area contributed by atoms with Gasteiger partial charge < -0.3 is 9.57 Å². The van der Waals surface area contributed by atoms with Crippen molar-refractivity contribution in [1.82, 2.24) is 14.9 Å². The van der Waals surface area contributed by atoms with E-state index in [1.54, 1.807) is 18.2 Å². The number of carbonyl (C=O) groups excluding carboxylic acids is 2. The Morgan fingerprint density at radius 2 is 2.00 bits per heavy atom. The van der Waals surface area contributed by atoms with Crippen LogP contribution in [-0.4, -0.2) is 43.9 Å². The summed E-state index contributed by atoms with van der Waals surface area (Å²) in [5.41, 5.74) is 4.74. The molecule has 13 heteroatoms. The molecule has 2 heterocycles. The summed E-state index contributed by atoms with van der Waals surface area (Å²) in [4.78, 5) is 29.7. The number of amides is 1. The largest absolute Gasteiger partial charge is 0.485 e. The third-order valence-corrected chi connectivity index (χ3v) is 7.53. The number of carbonyl (C=O) groups is 2. The number of alkyl halides is 1. The second kappa shape index (κ2) is 12.8. The number of nitrogens with zero attached hydrogens (tertiary/aromatic N) is 4. The molecule has 2 aromatic carbocycles. The van der Waals surface area contributed by atoms with Crippen LogP contribution in [-0.2, 0) is 21.0 Å². The summed E-state index contributed by atoms with van der Waals surface area (Å²) in [7, 11) is 0. The molecule has 0 bridgehead atoms. The molecule has 3 aromatic rings. The van der Waals surface area contributed by atoms with E-state index >= 15 is 0 Å². The minimum absolute atomic E-state index is 0.0395. The molecule has 1 aliphatic rings. The molecule has 1 aromatic heterocycles. The van der Waals surface area contributed by atoms with E-state index in [4.69, 9.17) is 44.4 Å². The van der Waals surface area contributed by atoms with Gasteiger partial charge in [-0.3, -0.25) is 15.0 Å². The number of benzene rings is 2. The average molecular weight is 597 g/mol. The highest BCUT2D eigenvalue weighted by Gasteiger charge is 2.28. The van der Waals surface area contributed by atoms with Crippen LogP contribution in [0.25, 0.3) is 0 Å². The van der Waals surface area contributed by atoms with E-state index in [9.17, 15) is 9.59 Å². The van der Waals surface area contributed by atoms with Crippen LogP contribution in [0.3, 0.4) is 0 Å². The highest BCUT2D eigenvalue weighted by molar-refractivity contribution is 7.99. The van der Waals surface area contributed by atoms with Crippen molar-refractivity contribution in [2.75, 3.05) is 17.1 Å². The van der Waals surface area contributed by atoms with Crippen molar-refractivity contribution in [3.05, 3.63) is 69.5 Å². The Morgan fingerprint density at radius 1 is 1.21 bits per heavy atom. The summed E-state index contributed by atoms with van der Waals surface area (Å²) in [5, 5.41) is 14.1. The lowest BCUT2D eigenvalue weighted by atomic mass is 9.99. The number of rotatable bonds is 11. The fraction of sp³-hybridized carbons (Fsp3) is 0.320. The number of hydrogen-bond donors (Lipinski definition) is 1. The Labute approximate surface area is 238 Å². The van der Waals surface area contributed by atoms with Crippen LogP contribution in [0.4, 0.5) is 0 Å². The molecule has 0 aliphatic carbocycles. The summed E-state index contributed by atoms with van der Waals surface area (Å²) in [5.74, 6) is -0.125. The van der Waals surface area contributed by atoms with E-state index in [0.717, 1.165) is 16.9 Å². The van der Waals surface area contributed by atoms with Gasteiger partial charge in [0.1, 0.15) is 12.4 Å². The van der Waals surface area contributed by atoms with E-state index < -0.39 is 17.6 Å². The Kier molecular flexibility index (Phi) is 9.54. The number of Topliss-reactive ketones (excluding diaryl/α,β-unsaturated/α-hetero) is 1. The normalized spacial score (nSPS) is 14.8. The minimum atomic E-state index is -0.864. The number of para-hydroxylation sites is 1. The lowest BCUT2D eigenvalue weighted by Crippen LogP contribution is -2.32. The maximum Gasteiger partial charge on any atom is 0.307 e. The van der Waals surface area contributed by atoms with Crippen LogP contribution >= 0.6 is 46.6 Å². The fourth-order valence-electron chi connectivity index (χ4n) is 3.50. The first-order valence-corrected chi connectivity index (χ1v) is 13.9. The van der Waals surface area contributed by atoms with Crippen LogP contribution in [0.1, 0.15) is 43.3 Å². The number of ether oxygens (including phenoxy) is 1. The van der Waals surface area contributed by atoms with E-state index in [1.807, 2.05) is 24.3 Å². The average Bonchev–Trinajstić information content (AvgIpc) is 3.53. The van der Waals surface area contributed by atoms with E-state index in [1.165, 1.54) is 16.4 Å². The molecule has 1 N–H and O–H groups in total. The van der Waals surface area contributed by atoms with E-state index in [0.29, 0.717) is 44.8 Å². The third kappa shape index (κ3) is 6.79. The number of thioether (sulfide) groups is 1. The fourth-order valence-corrected chi connectivity index (χ4v) is 5.02. The molecular weight excluding hydrogens is 573 g/mol. The maximum atomic E-state index is 12.3. The number of halogens is 3. The zero-order valence-electron chi connectivity index (χ0n) is 20.5. The van der Waals surface area contributed by atoms with Gasteiger partial charge in [0.25, 0.3) is 0 Å². The summed E-state index contributed by atoms with van der Waals surface area (Å²) in [6, 6.07) is 12.6. The number of hydrogen-bond acceptors (Lipinski definition) is 8. The Balaban J connectivity index is 1.51. The summed E-state index contributed by atoms with van der Waals surface area (Å²) in [6.07, 6.45) is 0.117. The van der Waals surface area contributed by atoms with E-state index in [-0.39, 0.29) is 12.7 Å². The molecule has 1 unspecified atom stereocenters. The monoisotopic (exact) mass is 595 g/mol. The van der Waals surface area contributed by atoms with Crippen molar-refractivity contribution in [3.8, 4) is 5.75 Å². The van der Waals surface area contributed by atoms with Gasteiger partial charge in [-0.2, -0.15) is 0 Å². The topological polar surface area (TPSA) is 108 Å². The number of nitrogens with one attached hydrogen (secondary N) is 1. The van der Waals surface area contributed by atoms with Crippen LogP contribution < -0.4 is 10.2 Å². The molecule has 0 saturated carbocycles. The molecule has 1 aliphatic heterocycles. The Bertz CT molecular complexity index is 1360. The van der Waals surface area contributed by atoms with Crippen LogP contribution in [0.15, 0.2) is 52.8 Å². The van der Waals surface area contributed by atoms with Gasteiger partial charge in [-0.1, -0.05) is 72.2 Å². The van der Waals surface area contributed by atoms with Gasteiger partial charge >= 0.3 is 5.91 Å². The molecule has 4 rings (SSSR count). The van der Waals surface area contributed by atoms with Crippen molar-refractivity contribution < 1.29 is 19.2 Å². The zero-order chi connectivity index (χ0) is 27.2. The predicted octanol–water partition coefficient (Wildman–Crippen LogP) is 5.66. The lowest BCUT2D eigenvalue weighted by Gasteiger charge is -2.14. The third-order valence-electron chi connectivity index (χ3n) is 5.37. The zero-order valence-corrected chi connectivity index (χ0v) is 23.6. The molecular formula is C25H24Cl3N5O4S. The molecule has 200 valence electrons. The second-order valence-corrected chi connectivity index (χ2v) is 10.8. The highest BCUT2D eigenvalue weighted by atomic mass is 35.5. The van der Waals surface area contributed by atoms with Crippen LogP contribution in [0.2, 0.25) is 10.0 Å². The molecule has 1 atom stereocenters. The Hall–Kier alpha value is -2.79. The van der Waals surface area contributed by atoms with Crippen molar-refractivity contribution in [1.29, 1.82) is 0 Å². The van der Waals surface area contributed by atoms with Gasteiger partial charge in [0.2, 0.25) is 10.9 Å². The summed E-state index contributed by atoms with van der Waals surface area (Å²) >= 11 is 19.3. The number of aromatic nitrogens is 3. The van der Waals surface area contributed by atoms with Crippen molar-refractivity contribution >= 4 is 64.0 Å². The minimum Gasteiger partial charge on any atom is -0.485 e. The van der Waals surface area contributed by atoms with Crippen LogP contribution in [0.5, 0.6) is 5.75 Å².